The highest BCUT2D eigenvalue weighted by Gasteiger charge is 2.23. The number of aromatic nitrogens is 1. The molecule has 112 valence electrons. The fraction of sp³-hybridized carbons (Fsp3) is 0.467. The Bertz CT molecular complexity index is 650. The lowest BCUT2D eigenvalue weighted by Crippen LogP contribution is -2.41. The molecule has 4 nitrogen and oxygen atoms in total. The normalized spacial score (nSPS) is 16.4. The van der Waals surface area contributed by atoms with Gasteiger partial charge in [-0.3, -0.25) is 4.79 Å². The van der Waals surface area contributed by atoms with Crippen LogP contribution in [-0.4, -0.2) is 35.0 Å². The highest BCUT2D eigenvalue weighted by molar-refractivity contribution is 7.20. The van der Waals surface area contributed by atoms with E-state index < -0.39 is 0 Å². The third-order valence-corrected chi connectivity index (χ3v) is 4.60. The molecule has 0 bridgehead atoms. The summed E-state index contributed by atoms with van der Waals surface area (Å²) in [5.74, 6) is -0.0620. The SMILES string of the molecule is CCC(=O)N1CCC(Oc2nc3ccc(F)cc3s2)CC1. The third kappa shape index (κ3) is 3.15. The van der Waals surface area contributed by atoms with Crippen LogP contribution in [0.15, 0.2) is 18.2 Å². The second kappa shape index (κ2) is 5.97. The van der Waals surface area contributed by atoms with Crippen LogP contribution < -0.4 is 4.74 Å². The van der Waals surface area contributed by atoms with Crippen molar-refractivity contribution in [3.63, 3.8) is 0 Å². The molecular formula is C15H17FN2O2S. The molecule has 1 fully saturated rings. The number of benzene rings is 1. The smallest absolute Gasteiger partial charge is 0.274 e. The molecule has 0 unspecified atom stereocenters. The van der Waals surface area contributed by atoms with Gasteiger partial charge >= 0.3 is 0 Å². The van der Waals surface area contributed by atoms with Gasteiger partial charge in [0.25, 0.3) is 5.19 Å². The molecule has 21 heavy (non-hydrogen) atoms. The summed E-state index contributed by atoms with van der Waals surface area (Å²) in [5, 5.41) is 0.580. The molecule has 1 saturated heterocycles. The van der Waals surface area contributed by atoms with E-state index in [0.717, 1.165) is 36.1 Å². The number of hydrogen-bond donors (Lipinski definition) is 0. The van der Waals surface area contributed by atoms with Crippen LogP contribution in [0.4, 0.5) is 4.39 Å². The Hall–Kier alpha value is -1.69. The van der Waals surface area contributed by atoms with Gasteiger partial charge in [0.1, 0.15) is 11.9 Å². The van der Waals surface area contributed by atoms with Gasteiger partial charge in [0.15, 0.2) is 0 Å². The Kier molecular flexibility index (Phi) is 4.05. The summed E-state index contributed by atoms with van der Waals surface area (Å²) >= 11 is 1.36. The molecule has 1 aliphatic heterocycles. The summed E-state index contributed by atoms with van der Waals surface area (Å²) in [7, 11) is 0. The summed E-state index contributed by atoms with van der Waals surface area (Å²) < 4.78 is 19.8. The maximum absolute atomic E-state index is 13.2. The van der Waals surface area contributed by atoms with Crippen molar-refractivity contribution >= 4 is 27.5 Å². The first-order valence-corrected chi connectivity index (χ1v) is 7.98. The van der Waals surface area contributed by atoms with Crippen molar-refractivity contribution in [3.05, 3.63) is 24.0 Å². The quantitative estimate of drug-likeness (QED) is 0.874. The van der Waals surface area contributed by atoms with Crippen LogP contribution in [0, 0.1) is 5.82 Å². The zero-order valence-electron chi connectivity index (χ0n) is 11.8. The van der Waals surface area contributed by atoms with Gasteiger partial charge in [-0.2, -0.15) is 0 Å². The van der Waals surface area contributed by atoms with E-state index >= 15 is 0 Å². The van der Waals surface area contributed by atoms with Crippen molar-refractivity contribution in [1.82, 2.24) is 9.88 Å². The summed E-state index contributed by atoms with van der Waals surface area (Å²) in [4.78, 5) is 17.9. The molecule has 0 atom stereocenters. The van der Waals surface area contributed by atoms with Gasteiger partial charge in [-0.05, 0) is 18.2 Å². The molecule has 2 heterocycles. The van der Waals surface area contributed by atoms with Crippen molar-refractivity contribution in [2.75, 3.05) is 13.1 Å². The van der Waals surface area contributed by atoms with Gasteiger partial charge in [0.2, 0.25) is 5.91 Å². The Morgan fingerprint density at radius 1 is 1.48 bits per heavy atom. The molecule has 2 aromatic rings. The second-order valence-corrected chi connectivity index (χ2v) is 6.14. The van der Waals surface area contributed by atoms with Crippen molar-refractivity contribution < 1.29 is 13.9 Å². The van der Waals surface area contributed by atoms with Crippen molar-refractivity contribution in [1.29, 1.82) is 0 Å². The highest BCUT2D eigenvalue weighted by Crippen LogP contribution is 2.30. The van der Waals surface area contributed by atoms with Gasteiger partial charge in [-0.15, -0.1) is 0 Å². The van der Waals surface area contributed by atoms with E-state index in [0.29, 0.717) is 11.6 Å². The monoisotopic (exact) mass is 308 g/mol. The molecular weight excluding hydrogens is 291 g/mol. The highest BCUT2D eigenvalue weighted by atomic mass is 32.1. The molecule has 6 heteroatoms. The molecule has 3 rings (SSSR count). The van der Waals surface area contributed by atoms with E-state index in [1.807, 2.05) is 11.8 Å². The fourth-order valence-electron chi connectivity index (χ4n) is 2.52. The number of ether oxygens (including phenoxy) is 1. The predicted octanol–water partition coefficient (Wildman–Crippen LogP) is 3.22. The van der Waals surface area contributed by atoms with Crippen LogP contribution >= 0.6 is 11.3 Å². The summed E-state index contributed by atoms with van der Waals surface area (Å²) in [6.07, 6.45) is 2.26. The van der Waals surface area contributed by atoms with Gasteiger partial charge in [0.05, 0.1) is 10.2 Å². The summed E-state index contributed by atoms with van der Waals surface area (Å²) in [5.41, 5.74) is 0.759. The first kappa shape index (κ1) is 14.3. The predicted molar refractivity (Wildman–Crippen MR) is 80.1 cm³/mol. The van der Waals surface area contributed by atoms with Crippen LogP contribution in [0.2, 0.25) is 0 Å². The van der Waals surface area contributed by atoms with E-state index in [2.05, 4.69) is 4.98 Å². The van der Waals surface area contributed by atoms with Gasteiger partial charge in [-0.25, -0.2) is 9.37 Å². The number of carbonyl (C=O) groups is 1. The molecule has 0 saturated carbocycles. The van der Waals surface area contributed by atoms with Crippen LogP contribution in [0.1, 0.15) is 26.2 Å². The van der Waals surface area contributed by atoms with Crippen LogP contribution in [-0.2, 0) is 4.79 Å². The molecule has 1 aromatic heterocycles. The van der Waals surface area contributed by atoms with Crippen molar-refractivity contribution in [2.45, 2.75) is 32.3 Å². The molecule has 1 aromatic carbocycles. The van der Waals surface area contributed by atoms with Crippen LogP contribution in [0.25, 0.3) is 10.2 Å². The molecule has 1 amide bonds. The number of rotatable bonds is 3. The zero-order chi connectivity index (χ0) is 14.8. The third-order valence-electron chi connectivity index (χ3n) is 3.70. The molecule has 0 radical (unpaired) electrons. The number of amides is 1. The topological polar surface area (TPSA) is 42.4 Å². The van der Waals surface area contributed by atoms with Crippen LogP contribution in [0.5, 0.6) is 5.19 Å². The van der Waals surface area contributed by atoms with E-state index in [1.165, 1.54) is 23.5 Å². The first-order chi connectivity index (χ1) is 10.2. The number of halogens is 1. The van der Waals surface area contributed by atoms with Gasteiger partial charge in [-0.1, -0.05) is 18.3 Å². The van der Waals surface area contributed by atoms with E-state index in [9.17, 15) is 9.18 Å². The molecule has 0 aliphatic carbocycles. The van der Waals surface area contributed by atoms with Gasteiger partial charge in [0, 0.05) is 32.4 Å². The van der Waals surface area contributed by atoms with E-state index in [4.69, 9.17) is 4.74 Å². The maximum atomic E-state index is 13.2. The number of fused-ring (bicyclic) bond motifs is 1. The number of thiazole rings is 1. The zero-order valence-corrected chi connectivity index (χ0v) is 12.7. The fourth-order valence-corrected chi connectivity index (χ4v) is 3.42. The van der Waals surface area contributed by atoms with Gasteiger partial charge < -0.3 is 9.64 Å². The number of hydrogen-bond acceptors (Lipinski definition) is 4. The minimum atomic E-state index is -0.260. The van der Waals surface area contributed by atoms with E-state index in [-0.39, 0.29) is 17.8 Å². The molecule has 0 N–H and O–H groups in total. The average Bonchev–Trinajstić information content (AvgIpc) is 2.88. The maximum Gasteiger partial charge on any atom is 0.274 e. The lowest BCUT2D eigenvalue weighted by atomic mass is 10.1. The number of nitrogens with zero attached hydrogens (tertiary/aromatic N) is 2. The number of carbonyl (C=O) groups excluding carboxylic acids is 1. The second-order valence-electron chi connectivity index (χ2n) is 5.14. The minimum Gasteiger partial charge on any atom is -0.467 e. The number of piperidine rings is 1. The lowest BCUT2D eigenvalue weighted by Gasteiger charge is -2.31. The van der Waals surface area contributed by atoms with Crippen LogP contribution in [0.3, 0.4) is 0 Å². The molecule has 1 aliphatic rings. The largest absolute Gasteiger partial charge is 0.467 e. The lowest BCUT2D eigenvalue weighted by molar-refractivity contribution is -0.132. The standard InChI is InChI=1S/C15H17FN2O2S/c1-2-14(19)18-7-5-11(6-8-18)20-15-17-12-4-3-10(16)9-13(12)21-15/h3-4,9,11H,2,5-8H2,1H3. The van der Waals surface area contributed by atoms with E-state index in [1.54, 1.807) is 6.07 Å². The average molecular weight is 308 g/mol. The molecule has 0 spiro atoms. The number of likely N-dealkylation sites (tertiary alicyclic amines) is 1. The van der Waals surface area contributed by atoms with Crippen molar-refractivity contribution in [2.24, 2.45) is 0 Å². The van der Waals surface area contributed by atoms with Crippen molar-refractivity contribution in [3.8, 4) is 5.19 Å². The Morgan fingerprint density at radius 3 is 2.95 bits per heavy atom. The first-order valence-electron chi connectivity index (χ1n) is 7.16. The summed E-state index contributed by atoms with van der Waals surface area (Å²) in [6.45, 7) is 3.35. The summed E-state index contributed by atoms with van der Waals surface area (Å²) in [6, 6.07) is 4.54. The minimum absolute atomic E-state index is 0.0799. The Morgan fingerprint density at radius 2 is 2.24 bits per heavy atom. The Labute approximate surface area is 126 Å². The Balaban J connectivity index is 1.63.